The zero-order valence-corrected chi connectivity index (χ0v) is 7.66. The van der Waals surface area contributed by atoms with Gasteiger partial charge in [-0.3, -0.25) is 9.11 Å². The Kier molecular flexibility index (Phi) is 31.3. The van der Waals surface area contributed by atoms with Gasteiger partial charge in [-0.2, -0.15) is 16.8 Å². The molecular weight excluding hydrogens is 293 g/mol. The van der Waals surface area contributed by atoms with E-state index in [2.05, 4.69) is 23.3 Å². The number of thiol groups is 2. The third kappa shape index (κ3) is 229. The molecule has 0 rings (SSSR count). The van der Waals surface area contributed by atoms with Crippen LogP contribution in [0.3, 0.4) is 0 Å². The summed E-state index contributed by atoms with van der Waals surface area (Å²) in [6, 6.07) is 0. The third-order valence-electron chi connectivity index (χ3n) is 0. The van der Waals surface area contributed by atoms with Crippen LogP contribution < -0.4 is 0 Å². The van der Waals surface area contributed by atoms with Crippen LogP contribution in [0.2, 0.25) is 0 Å². The quantitative estimate of drug-likeness (QED) is 0.170. The molecule has 0 unspecified atom stereocenters. The Bertz CT molecular complexity index is 216. The Morgan fingerprint density at radius 1 is 0.692 bits per heavy atom. The van der Waals surface area contributed by atoms with Gasteiger partial charge in [0, 0.05) is 0 Å². The van der Waals surface area contributed by atoms with Crippen LogP contribution in [0.1, 0.15) is 0 Å². The molecule has 13 heavy (non-hydrogen) atoms. The van der Waals surface area contributed by atoms with Crippen LogP contribution in [-0.4, -0.2) is 115 Å². The molecular formula is H7Na3O6S4. The molecule has 0 aromatic carbocycles. The van der Waals surface area contributed by atoms with Gasteiger partial charge in [0.1, 0.15) is 0 Å². The van der Waals surface area contributed by atoms with Gasteiger partial charge in [0.05, 0.1) is 0 Å². The summed E-state index contributed by atoms with van der Waals surface area (Å²) in [5.41, 5.74) is 0. The summed E-state index contributed by atoms with van der Waals surface area (Å²) in [6.07, 6.45) is 0. The first-order chi connectivity index (χ1) is 4.00. The monoisotopic (exact) mass is 300 g/mol. The normalized spacial score (nSPS) is 8.92. The van der Waals surface area contributed by atoms with Crippen LogP contribution in [0.15, 0.2) is 0 Å². The van der Waals surface area contributed by atoms with Crippen LogP contribution in [-0.2, 0) is 18.3 Å². The summed E-state index contributed by atoms with van der Waals surface area (Å²) in [5.74, 6) is 0. The molecule has 13 heteroatoms. The molecule has 0 aliphatic heterocycles. The summed E-state index contributed by atoms with van der Waals surface area (Å²) in [6.45, 7) is 0. The van der Waals surface area contributed by atoms with Crippen LogP contribution in [0.25, 0.3) is 0 Å². The van der Waals surface area contributed by atoms with Crippen molar-refractivity contribution in [3.63, 3.8) is 0 Å². The molecule has 70 valence electrons. The van der Waals surface area contributed by atoms with Crippen molar-refractivity contribution in [3.05, 3.63) is 0 Å². The van der Waals surface area contributed by atoms with E-state index in [-0.39, 0.29) is 88.7 Å². The Morgan fingerprint density at radius 2 is 0.692 bits per heavy atom. The molecule has 0 aliphatic rings. The van der Waals surface area contributed by atoms with Crippen LogP contribution in [0.5, 0.6) is 0 Å². The molecule has 6 nitrogen and oxygen atoms in total. The molecule has 0 aliphatic carbocycles. The van der Waals surface area contributed by atoms with Crippen molar-refractivity contribution in [2.24, 2.45) is 0 Å². The van der Waals surface area contributed by atoms with Gasteiger partial charge < -0.3 is 0 Å². The van der Waals surface area contributed by atoms with Gasteiger partial charge in [-0.05, 0) is 23.3 Å². The van der Waals surface area contributed by atoms with E-state index in [1.54, 1.807) is 0 Å². The van der Waals surface area contributed by atoms with Crippen LogP contribution in [0, 0.1) is 0 Å². The van der Waals surface area contributed by atoms with Crippen molar-refractivity contribution >= 4 is 130 Å². The van der Waals surface area contributed by atoms with Crippen LogP contribution in [0.4, 0.5) is 0 Å². The fourth-order valence-electron chi connectivity index (χ4n) is 0. The fourth-order valence-corrected chi connectivity index (χ4v) is 0. The molecule has 0 heterocycles. The molecule has 0 fully saturated rings. The Morgan fingerprint density at radius 3 is 0.692 bits per heavy atom. The van der Waals surface area contributed by atoms with Gasteiger partial charge in [0.2, 0.25) is 0 Å². The minimum absolute atomic E-state index is 0. The van der Waals surface area contributed by atoms with Crippen molar-refractivity contribution < 1.29 is 25.9 Å². The van der Waals surface area contributed by atoms with Crippen molar-refractivity contribution in [1.29, 1.82) is 0 Å². The molecule has 0 amide bonds. The molecule has 0 saturated carbocycles. The average molecular weight is 300 g/mol. The maximum atomic E-state index is 9.05. The van der Waals surface area contributed by atoms with Crippen LogP contribution >= 0.6 is 23.3 Å². The summed E-state index contributed by atoms with van der Waals surface area (Å²) < 4.78 is 50.9. The second-order valence-electron chi connectivity index (χ2n) is 0.896. The number of rotatable bonds is 0. The molecule has 0 spiro atoms. The molecule has 0 radical (unpaired) electrons. The topological polar surface area (TPSA) is 109 Å². The van der Waals surface area contributed by atoms with Gasteiger partial charge in [-0.25, -0.2) is 0 Å². The first-order valence-corrected chi connectivity index (χ1v) is 6.38. The maximum absolute atomic E-state index is 9.05. The zero-order chi connectivity index (χ0) is 9.00. The third-order valence-corrected chi connectivity index (χ3v) is 0. The second-order valence-corrected chi connectivity index (χ2v) is 5.46. The van der Waals surface area contributed by atoms with E-state index in [9.17, 15) is 0 Å². The van der Waals surface area contributed by atoms with Gasteiger partial charge in [0.15, 0.2) is 0 Å². The van der Waals surface area contributed by atoms with E-state index in [0.717, 1.165) is 0 Å². The number of hydrogen-bond acceptors (Lipinski definition) is 4. The Labute approximate surface area is 153 Å². The van der Waals surface area contributed by atoms with E-state index >= 15 is 0 Å². The zero-order valence-electron chi connectivity index (χ0n) is 4.24. The predicted molar refractivity (Wildman–Crippen MR) is 62.5 cm³/mol. The van der Waals surface area contributed by atoms with E-state index < -0.39 is 18.3 Å². The summed E-state index contributed by atoms with van der Waals surface area (Å²) >= 11 is 5.30. The Hall–Kier alpha value is 3.52. The standard InChI is InChI=1S/3Na.2H2O3S2.3H/c;;;2*1-5(2,3)4;;;/h;;;2*(H2,1,2,3,4);;;. The SMILES string of the molecule is O=S(=O)(O)S.O=S(=O)(O)S.[NaH].[NaH].[NaH]. The summed E-state index contributed by atoms with van der Waals surface area (Å²) in [5, 5.41) is 0. The minimum atomic E-state index is -3.97. The van der Waals surface area contributed by atoms with Crippen molar-refractivity contribution in [3.8, 4) is 0 Å². The van der Waals surface area contributed by atoms with E-state index in [4.69, 9.17) is 25.9 Å². The van der Waals surface area contributed by atoms with Gasteiger partial charge in [0.25, 0.3) is 0 Å². The van der Waals surface area contributed by atoms with Crippen molar-refractivity contribution in [1.82, 2.24) is 0 Å². The predicted octanol–water partition coefficient (Wildman–Crippen LogP) is -2.51. The van der Waals surface area contributed by atoms with Crippen molar-refractivity contribution in [2.75, 3.05) is 0 Å². The van der Waals surface area contributed by atoms with Gasteiger partial charge in [-0.15, -0.1) is 0 Å². The second kappa shape index (κ2) is 13.6. The van der Waals surface area contributed by atoms with Gasteiger partial charge >= 0.3 is 107 Å². The molecule has 0 aromatic heterocycles. The molecule has 0 atom stereocenters. The summed E-state index contributed by atoms with van der Waals surface area (Å²) in [4.78, 5) is 0. The fraction of sp³-hybridized carbons (Fsp3) is 0. The van der Waals surface area contributed by atoms with Gasteiger partial charge in [-0.1, -0.05) is 0 Å². The molecule has 0 bridgehead atoms. The molecule has 2 N–H and O–H groups in total. The summed E-state index contributed by atoms with van der Waals surface area (Å²) in [7, 11) is -7.94. The first kappa shape index (κ1) is 30.0. The first-order valence-electron chi connectivity index (χ1n) is 1.40. The molecule has 0 aromatic rings. The average Bonchev–Trinajstić information content (AvgIpc) is 1.12. The molecule has 0 saturated heterocycles. The Balaban J connectivity index is -0.0000000267. The van der Waals surface area contributed by atoms with Crippen molar-refractivity contribution in [2.45, 2.75) is 0 Å². The van der Waals surface area contributed by atoms with E-state index in [1.165, 1.54) is 0 Å². The van der Waals surface area contributed by atoms with E-state index in [1.807, 2.05) is 0 Å². The van der Waals surface area contributed by atoms with E-state index in [0.29, 0.717) is 0 Å². The number of hydrogen-bond donors (Lipinski definition) is 4.